The van der Waals surface area contributed by atoms with E-state index in [1.165, 1.54) is 5.56 Å². The van der Waals surface area contributed by atoms with Crippen LogP contribution in [0.1, 0.15) is 30.1 Å². The number of halogens is 1. The average molecular weight is 355 g/mol. The van der Waals surface area contributed by atoms with Gasteiger partial charge in [-0.05, 0) is 53.4 Å². The average Bonchev–Trinajstić information content (AvgIpc) is 2.85. The van der Waals surface area contributed by atoms with Gasteiger partial charge >= 0.3 is 0 Å². The van der Waals surface area contributed by atoms with Gasteiger partial charge in [-0.25, -0.2) is 4.98 Å². The number of hydrogen-bond acceptors (Lipinski definition) is 4. The Morgan fingerprint density at radius 2 is 2.25 bits per heavy atom. The summed E-state index contributed by atoms with van der Waals surface area (Å²) in [4.78, 5) is 4.49. The molecule has 1 atom stereocenters. The summed E-state index contributed by atoms with van der Waals surface area (Å²) in [7, 11) is 0. The van der Waals surface area contributed by atoms with Crippen LogP contribution in [-0.4, -0.2) is 11.0 Å². The van der Waals surface area contributed by atoms with E-state index in [0.717, 1.165) is 33.8 Å². The summed E-state index contributed by atoms with van der Waals surface area (Å²) in [6, 6.07) is 6.27. The van der Waals surface area contributed by atoms with Crippen LogP contribution in [0.2, 0.25) is 0 Å². The molecule has 0 fully saturated rings. The van der Waals surface area contributed by atoms with Crippen molar-refractivity contribution in [1.29, 1.82) is 0 Å². The summed E-state index contributed by atoms with van der Waals surface area (Å²) < 4.78 is 6.77. The quantitative estimate of drug-likeness (QED) is 0.854. The molecule has 0 radical (unpaired) electrons. The van der Waals surface area contributed by atoms with Crippen LogP contribution in [-0.2, 0) is 19.4 Å². The molecule has 1 aromatic carbocycles. The molecule has 0 aliphatic heterocycles. The molecule has 1 aromatic heterocycles. The van der Waals surface area contributed by atoms with Crippen molar-refractivity contribution in [2.24, 2.45) is 5.73 Å². The number of benzene rings is 1. The summed E-state index contributed by atoms with van der Waals surface area (Å²) in [6.07, 6.45) is 1.84. The molecular weight excluding hydrogens is 336 g/mol. The second-order valence-corrected chi connectivity index (χ2v) is 6.62. The Bertz CT molecular complexity index is 569. The van der Waals surface area contributed by atoms with E-state index in [1.807, 2.05) is 13.0 Å². The Hall–Kier alpha value is -0.910. The van der Waals surface area contributed by atoms with Gasteiger partial charge in [0.05, 0.1) is 15.2 Å². The third-order valence-electron chi connectivity index (χ3n) is 2.83. The number of hydrogen-bond donors (Lipinski definition) is 1. The number of ether oxygens (including phenoxy) is 1. The molecule has 5 heteroatoms. The monoisotopic (exact) mass is 354 g/mol. The van der Waals surface area contributed by atoms with Crippen molar-refractivity contribution in [2.45, 2.75) is 39.3 Å². The number of rotatable bonds is 6. The zero-order chi connectivity index (χ0) is 14.5. The van der Waals surface area contributed by atoms with Crippen molar-refractivity contribution in [1.82, 2.24) is 4.98 Å². The van der Waals surface area contributed by atoms with Gasteiger partial charge in [0.25, 0.3) is 0 Å². The van der Waals surface area contributed by atoms with E-state index < -0.39 is 0 Å². The van der Waals surface area contributed by atoms with E-state index in [9.17, 15) is 0 Å². The van der Waals surface area contributed by atoms with Gasteiger partial charge in [-0.1, -0.05) is 13.0 Å². The molecule has 2 aromatic rings. The highest BCUT2D eigenvalue weighted by Gasteiger charge is 2.06. The molecule has 2 rings (SSSR count). The molecule has 0 spiro atoms. The van der Waals surface area contributed by atoms with Gasteiger partial charge in [0, 0.05) is 11.4 Å². The Labute approximate surface area is 132 Å². The first-order valence-electron chi connectivity index (χ1n) is 6.68. The molecule has 0 saturated carbocycles. The van der Waals surface area contributed by atoms with Gasteiger partial charge in [0.2, 0.25) is 0 Å². The topological polar surface area (TPSA) is 48.1 Å². The number of aromatic nitrogens is 1. The van der Waals surface area contributed by atoms with Crippen molar-refractivity contribution >= 4 is 27.3 Å². The Morgan fingerprint density at radius 3 is 2.85 bits per heavy atom. The van der Waals surface area contributed by atoms with Gasteiger partial charge in [0.1, 0.15) is 12.4 Å². The van der Waals surface area contributed by atoms with Crippen LogP contribution >= 0.6 is 27.3 Å². The van der Waals surface area contributed by atoms with Crippen LogP contribution in [0, 0.1) is 0 Å². The first-order chi connectivity index (χ1) is 9.58. The van der Waals surface area contributed by atoms with Gasteiger partial charge in [0.15, 0.2) is 0 Å². The minimum atomic E-state index is 0.163. The van der Waals surface area contributed by atoms with Gasteiger partial charge in [-0.2, -0.15) is 0 Å². The fraction of sp³-hybridized carbons (Fsp3) is 0.400. The van der Waals surface area contributed by atoms with Gasteiger partial charge < -0.3 is 10.5 Å². The summed E-state index contributed by atoms with van der Waals surface area (Å²) in [5.74, 6) is 0.837. The maximum Gasteiger partial charge on any atom is 0.134 e. The molecule has 108 valence electrons. The van der Waals surface area contributed by atoms with Crippen molar-refractivity contribution in [3.8, 4) is 5.75 Å². The van der Waals surface area contributed by atoms with E-state index in [1.54, 1.807) is 11.3 Å². The first-order valence-corrected chi connectivity index (χ1v) is 8.35. The van der Waals surface area contributed by atoms with Crippen LogP contribution in [0.25, 0.3) is 0 Å². The Kier molecular flexibility index (Phi) is 5.57. The predicted octanol–water partition coefficient (Wildman–Crippen LogP) is 3.94. The van der Waals surface area contributed by atoms with E-state index in [-0.39, 0.29) is 6.04 Å². The minimum Gasteiger partial charge on any atom is -0.486 e. The first kappa shape index (κ1) is 15.5. The van der Waals surface area contributed by atoms with E-state index >= 15 is 0 Å². The standard InChI is InChI=1S/C15H19BrN2OS/c1-3-15-18-12(9-20-15)8-19-14-5-4-11(6-10(2)17)7-13(14)16/h4-5,7,9-10H,3,6,8,17H2,1-2H3. The molecule has 1 unspecified atom stereocenters. The third kappa shape index (κ3) is 4.30. The Morgan fingerprint density at radius 1 is 1.45 bits per heavy atom. The molecular formula is C15H19BrN2OS. The van der Waals surface area contributed by atoms with Crippen molar-refractivity contribution in [2.75, 3.05) is 0 Å². The number of aryl methyl sites for hydroxylation is 1. The highest BCUT2D eigenvalue weighted by molar-refractivity contribution is 9.10. The van der Waals surface area contributed by atoms with Crippen LogP contribution in [0.4, 0.5) is 0 Å². The summed E-state index contributed by atoms with van der Waals surface area (Å²) in [5, 5.41) is 3.20. The molecule has 3 nitrogen and oxygen atoms in total. The smallest absolute Gasteiger partial charge is 0.134 e. The number of nitrogens with two attached hydrogens (primary N) is 1. The van der Waals surface area contributed by atoms with E-state index in [2.05, 4.69) is 45.4 Å². The molecule has 20 heavy (non-hydrogen) atoms. The molecule has 0 bridgehead atoms. The van der Waals surface area contributed by atoms with Crippen LogP contribution < -0.4 is 10.5 Å². The maximum absolute atomic E-state index is 5.81. The highest BCUT2D eigenvalue weighted by Crippen LogP contribution is 2.27. The largest absolute Gasteiger partial charge is 0.486 e. The molecule has 2 N–H and O–H groups in total. The molecule has 1 heterocycles. The van der Waals surface area contributed by atoms with Gasteiger partial charge in [-0.3, -0.25) is 0 Å². The fourth-order valence-corrected chi connectivity index (χ4v) is 3.16. The summed E-state index contributed by atoms with van der Waals surface area (Å²) in [5.41, 5.74) is 8.00. The fourth-order valence-electron chi connectivity index (χ4n) is 1.89. The lowest BCUT2D eigenvalue weighted by Gasteiger charge is -2.10. The van der Waals surface area contributed by atoms with Crippen LogP contribution in [0.3, 0.4) is 0 Å². The second-order valence-electron chi connectivity index (χ2n) is 4.82. The highest BCUT2D eigenvalue weighted by atomic mass is 79.9. The van der Waals surface area contributed by atoms with Crippen molar-refractivity contribution in [3.05, 3.63) is 44.3 Å². The van der Waals surface area contributed by atoms with Crippen molar-refractivity contribution < 1.29 is 4.74 Å². The zero-order valence-electron chi connectivity index (χ0n) is 11.7. The van der Waals surface area contributed by atoms with Crippen LogP contribution in [0.5, 0.6) is 5.75 Å². The lowest BCUT2D eigenvalue weighted by molar-refractivity contribution is 0.300. The second kappa shape index (κ2) is 7.20. The molecule has 0 saturated heterocycles. The Balaban J connectivity index is 1.99. The molecule has 0 aliphatic carbocycles. The summed E-state index contributed by atoms with van der Waals surface area (Å²) in [6.45, 7) is 4.62. The normalized spacial score (nSPS) is 12.4. The molecule has 0 aliphatic rings. The van der Waals surface area contributed by atoms with E-state index in [4.69, 9.17) is 10.5 Å². The SMILES string of the molecule is CCc1nc(COc2ccc(CC(C)N)cc2Br)cs1. The predicted molar refractivity (Wildman–Crippen MR) is 87.3 cm³/mol. The summed E-state index contributed by atoms with van der Waals surface area (Å²) >= 11 is 5.23. The minimum absolute atomic E-state index is 0.163. The maximum atomic E-state index is 5.81. The lowest BCUT2D eigenvalue weighted by atomic mass is 10.1. The van der Waals surface area contributed by atoms with E-state index in [0.29, 0.717) is 6.61 Å². The van der Waals surface area contributed by atoms with Crippen molar-refractivity contribution in [3.63, 3.8) is 0 Å². The lowest BCUT2D eigenvalue weighted by Crippen LogP contribution is -2.17. The van der Waals surface area contributed by atoms with Crippen LogP contribution in [0.15, 0.2) is 28.1 Å². The van der Waals surface area contributed by atoms with Gasteiger partial charge in [-0.15, -0.1) is 11.3 Å². The number of thiazole rings is 1. The third-order valence-corrected chi connectivity index (χ3v) is 4.49. The zero-order valence-corrected chi connectivity index (χ0v) is 14.1. The number of nitrogens with zero attached hydrogens (tertiary/aromatic N) is 1. The molecule has 0 amide bonds.